The van der Waals surface area contributed by atoms with Gasteiger partial charge in [0.05, 0.1) is 17.1 Å². The Balaban J connectivity index is 2.10. The highest BCUT2D eigenvalue weighted by atomic mass is 16.3. The number of hydrogen-bond donors (Lipinski definition) is 1. The van der Waals surface area contributed by atoms with E-state index in [9.17, 15) is 5.11 Å². The van der Waals surface area contributed by atoms with Crippen molar-refractivity contribution in [3.8, 4) is 22.8 Å². The fraction of sp³-hybridized carbons (Fsp3) is 0.222. The van der Waals surface area contributed by atoms with Crippen molar-refractivity contribution in [1.29, 1.82) is 0 Å². The molecule has 0 aliphatic heterocycles. The summed E-state index contributed by atoms with van der Waals surface area (Å²) < 4.78 is 1.68. The first-order valence-corrected chi connectivity index (χ1v) is 7.26. The summed E-state index contributed by atoms with van der Waals surface area (Å²) >= 11 is 0. The van der Waals surface area contributed by atoms with E-state index in [1.807, 2.05) is 39.1 Å². The first-order valence-electron chi connectivity index (χ1n) is 7.26. The number of benzene rings is 1. The van der Waals surface area contributed by atoms with Crippen molar-refractivity contribution >= 4 is 0 Å². The molecule has 0 saturated heterocycles. The topological polar surface area (TPSA) is 50.9 Å². The average Bonchev–Trinajstić information content (AvgIpc) is 2.85. The maximum atomic E-state index is 10.3. The van der Waals surface area contributed by atoms with E-state index in [2.05, 4.69) is 29.0 Å². The lowest BCUT2D eigenvalue weighted by molar-refractivity contribution is 0.441. The minimum Gasteiger partial charge on any atom is -0.494 e. The van der Waals surface area contributed by atoms with Gasteiger partial charge in [-0.2, -0.15) is 0 Å². The monoisotopic (exact) mass is 293 g/mol. The van der Waals surface area contributed by atoms with Gasteiger partial charge in [-0.05, 0) is 33.3 Å². The number of hydrogen-bond acceptors (Lipinski definition) is 3. The zero-order chi connectivity index (χ0) is 15.9. The number of nitrogens with zero attached hydrogens (tertiary/aromatic N) is 3. The Hall–Kier alpha value is -2.62. The molecule has 3 rings (SSSR count). The van der Waals surface area contributed by atoms with Gasteiger partial charge in [-0.1, -0.05) is 29.8 Å². The zero-order valence-electron chi connectivity index (χ0n) is 13.3. The molecule has 1 N–H and O–H groups in total. The molecule has 0 saturated carbocycles. The van der Waals surface area contributed by atoms with Crippen LogP contribution in [0.2, 0.25) is 0 Å². The standard InChI is InChI=1S/C18H19N3O/c1-11-5-7-15(8-6-11)16-9-17(22)21(10-16)18-14(4)19-12(2)13(3)20-18/h5-10,22H,1-4H3. The minimum atomic E-state index is 0.163. The third-order valence-corrected chi connectivity index (χ3v) is 3.87. The fourth-order valence-corrected chi connectivity index (χ4v) is 2.46. The van der Waals surface area contributed by atoms with E-state index >= 15 is 0 Å². The van der Waals surface area contributed by atoms with Gasteiger partial charge in [0, 0.05) is 17.8 Å². The van der Waals surface area contributed by atoms with Crippen LogP contribution in [0.1, 0.15) is 22.6 Å². The van der Waals surface area contributed by atoms with Crippen molar-refractivity contribution in [2.24, 2.45) is 0 Å². The molecule has 2 heterocycles. The van der Waals surface area contributed by atoms with Gasteiger partial charge < -0.3 is 5.11 Å². The summed E-state index contributed by atoms with van der Waals surface area (Å²) in [5.74, 6) is 0.829. The van der Waals surface area contributed by atoms with Crippen molar-refractivity contribution in [3.05, 3.63) is 59.2 Å². The van der Waals surface area contributed by atoms with Crippen LogP contribution < -0.4 is 0 Å². The van der Waals surface area contributed by atoms with Gasteiger partial charge in [0.15, 0.2) is 11.7 Å². The Bertz CT molecular complexity index is 832. The fourth-order valence-electron chi connectivity index (χ4n) is 2.46. The third-order valence-electron chi connectivity index (χ3n) is 3.87. The van der Waals surface area contributed by atoms with Gasteiger partial charge in [-0.15, -0.1) is 0 Å². The predicted molar refractivity (Wildman–Crippen MR) is 87.4 cm³/mol. The quantitative estimate of drug-likeness (QED) is 0.780. The van der Waals surface area contributed by atoms with Gasteiger partial charge in [0.25, 0.3) is 0 Å². The lowest BCUT2D eigenvalue weighted by Gasteiger charge is -2.09. The molecule has 0 fully saturated rings. The molecule has 3 aromatic rings. The van der Waals surface area contributed by atoms with Crippen LogP contribution in [0, 0.1) is 27.7 Å². The molecule has 4 nitrogen and oxygen atoms in total. The molecule has 4 heteroatoms. The van der Waals surface area contributed by atoms with Crippen molar-refractivity contribution in [1.82, 2.24) is 14.5 Å². The molecule has 0 bridgehead atoms. The highest BCUT2D eigenvalue weighted by Crippen LogP contribution is 2.29. The van der Waals surface area contributed by atoms with Gasteiger partial charge in [-0.3, -0.25) is 9.55 Å². The average molecular weight is 293 g/mol. The summed E-state index contributed by atoms with van der Waals surface area (Å²) in [6, 6.07) is 9.97. The third kappa shape index (κ3) is 2.48. The van der Waals surface area contributed by atoms with Gasteiger partial charge in [-0.25, -0.2) is 4.98 Å². The van der Waals surface area contributed by atoms with Crippen LogP contribution in [-0.2, 0) is 0 Å². The predicted octanol–water partition coefficient (Wildman–Crippen LogP) is 3.87. The summed E-state index contributed by atoms with van der Waals surface area (Å²) in [5, 5.41) is 10.3. The van der Waals surface area contributed by atoms with Crippen molar-refractivity contribution in [3.63, 3.8) is 0 Å². The van der Waals surface area contributed by atoms with Gasteiger partial charge in [0.1, 0.15) is 0 Å². The molecular weight excluding hydrogens is 274 g/mol. The van der Waals surface area contributed by atoms with Crippen LogP contribution in [0.25, 0.3) is 16.9 Å². The first kappa shape index (κ1) is 14.3. The molecule has 0 radical (unpaired) electrons. The lowest BCUT2D eigenvalue weighted by atomic mass is 10.1. The molecule has 112 valence electrons. The number of aromatic hydroxyl groups is 1. The maximum absolute atomic E-state index is 10.3. The van der Waals surface area contributed by atoms with Gasteiger partial charge >= 0.3 is 0 Å². The van der Waals surface area contributed by atoms with E-state index in [1.54, 1.807) is 10.6 Å². The van der Waals surface area contributed by atoms with Crippen LogP contribution >= 0.6 is 0 Å². The Morgan fingerprint density at radius 2 is 1.45 bits per heavy atom. The molecule has 0 spiro atoms. The van der Waals surface area contributed by atoms with E-state index in [0.29, 0.717) is 5.82 Å². The smallest absolute Gasteiger partial charge is 0.197 e. The molecule has 0 aliphatic rings. The SMILES string of the molecule is Cc1ccc(-c2cc(O)n(-c3nc(C)c(C)nc3C)c2)cc1. The minimum absolute atomic E-state index is 0.163. The van der Waals surface area contributed by atoms with Crippen LogP contribution in [0.5, 0.6) is 5.88 Å². The molecule has 0 aliphatic carbocycles. The van der Waals surface area contributed by atoms with Crippen molar-refractivity contribution in [2.75, 3.05) is 0 Å². The largest absolute Gasteiger partial charge is 0.494 e. The molecule has 0 unspecified atom stereocenters. The highest BCUT2D eigenvalue weighted by molar-refractivity contribution is 5.66. The summed E-state index contributed by atoms with van der Waals surface area (Å²) in [4.78, 5) is 9.05. The second kappa shape index (κ2) is 5.30. The van der Waals surface area contributed by atoms with E-state index in [1.165, 1.54) is 5.56 Å². The van der Waals surface area contributed by atoms with Crippen LogP contribution in [0.15, 0.2) is 36.5 Å². The van der Waals surface area contributed by atoms with Crippen molar-refractivity contribution in [2.45, 2.75) is 27.7 Å². The molecular formula is C18H19N3O. The molecule has 1 aromatic carbocycles. The van der Waals surface area contributed by atoms with Crippen LogP contribution in [-0.4, -0.2) is 19.6 Å². The Labute approximate surface area is 130 Å². The highest BCUT2D eigenvalue weighted by Gasteiger charge is 2.13. The van der Waals surface area contributed by atoms with Crippen LogP contribution in [0.4, 0.5) is 0 Å². The Morgan fingerprint density at radius 3 is 2.14 bits per heavy atom. The van der Waals surface area contributed by atoms with E-state index < -0.39 is 0 Å². The maximum Gasteiger partial charge on any atom is 0.197 e. The van der Waals surface area contributed by atoms with Gasteiger partial charge in [0.2, 0.25) is 0 Å². The summed E-state index contributed by atoms with van der Waals surface area (Å²) in [5.41, 5.74) is 5.80. The Morgan fingerprint density at radius 1 is 0.818 bits per heavy atom. The van der Waals surface area contributed by atoms with E-state index in [-0.39, 0.29) is 5.88 Å². The normalized spacial score (nSPS) is 10.9. The number of rotatable bonds is 2. The van der Waals surface area contributed by atoms with E-state index in [0.717, 1.165) is 28.2 Å². The van der Waals surface area contributed by atoms with Crippen LogP contribution in [0.3, 0.4) is 0 Å². The Kier molecular flexibility index (Phi) is 3.45. The van der Waals surface area contributed by atoms with E-state index in [4.69, 9.17) is 0 Å². The summed E-state index contributed by atoms with van der Waals surface area (Å²) in [6.07, 6.45) is 1.89. The summed E-state index contributed by atoms with van der Waals surface area (Å²) in [6.45, 7) is 7.82. The number of aromatic nitrogens is 3. The van der Waals surface area contributed by atoms with Crippen molar-refractivity contribution < 1.29 is 5.11 Å². The zero-order valence-corrected chi connectivity index (χ0v) is 13.3. The molecule has 2 aromatic heterocycles. The summed E-state index contributed by atoms with van der Waals surface area (Å²) in [7, 11) is 0. The lowest BCUT2D eigenvalue weighted by Crippen LogP contribution is -2.04. The molecule has 22 heavy (non-hydrogen) atoms. The molecule has 0 amide bonds. The molecule has 0 atom stereocenters. The second-order valence-corrected chi connectivity index (χ2v) is 5.63. The number of aryl methyl sites for hydroxylation is 4. The second-order valence-electron chi connectivity index (χ2n) is 5.63. The first-order chi connectivity index (χ1) is 10.5.